The molecule has 0 unspecified atom stereocenters. The van der Waals surface area contributed by atoms with Crippen molar-refractivity contribution in [2.75, 3.05) is 10.2 Å². The van der Waals surface area contributed by atoms with Gasteiger partial charge in [0.2, 0.25) is 5.91 Å². The van der Waals surface area contributed by atoms with Gasteiger partial charge in [0.25, 0.3) is 11.8 Å². The Morgan fingerprint density at radius 3 is 2.40 bits per heavy atom. The summed E-state index contributed by atoms with van der Waals surface area (Å²) in [7, 11) is 0. The van der Waals surface area contributed by atoms with E-state index in [0.29, 0.717) is 21.3 Å². The average Bonchev–Trinajstić information content (AvgIpc) is 2.99. The number of nitrogens with zero attached hydrogens (tertiary/aromatic N) is 1. The predicted octanol–water partition coefficient (Wildman–Crippen LogP) is 5.45. The zero-order valence-corrected chi connectivity index (χ0v) is 16.9. The van der Waals surface area contributed by atoms with Gasteiger partial charge < -0.3 is 5.32 Å². The molecular weight excluding hydrogens is 423 g/mol. The molecule has 0 saturated carbocycles. The number of benzene rings is 3. The van der Waals surface area contributed by atoms with E-state index in [-0.39, 0.29) is 16.8 Å². The van der Waals surface area contributed by atoms with Gasteiger partial charge in [0.1, 0.15) is 0 Å². The number of amides is 3. The van der Waals surface area contributed by atoms with Crippen molar-refractivity contribution in [3.8, 4) is 0 Å². The van der Waals surface area contributed by atoms with Gasteiger partial charge in [0.15, 0.2) is 0 Å². The molecule has 0 radical (unpaired) electrons. The van der Waals surface area contributed by atoms with E-state index in [9.17, 15) is 14.4 Å². The summed E-state index contributed by atoms with van der Waals surface area (Å²) in [6, 6.07) is 18.3. The Balaban J connectivity index is 1.59. The maximum Gasteiger partial charge on any atom is 0.268 e. The summed E-state index contributed by atoms with van der Waals surface area (Å²) in [6.45, 7) is 0. The third kappa shape index (κ3) is 3.73. The zero-order valence-electron chi connectivity index (χ0n) is 15.4. The highest BCUT2D eigenvalue weighted by Gasteiger charge is 2.38. The van der Waals surface area contributed by atoms with E-state index in [0.717, 1.165) is 4.90 Å². The number of rotatable bonds is 4. The first kappa shape index (κ1) is 19.9. The van der Waals surface area contributed by atoms with Gasteiger partial charge in [-0.3, -0.25) is 14.4 Å². The minimum Gasteiger partial charge on any atom is -0.322 e. The van der Waals surface area contributed by atoms with Crippen molar-refractivity contribution in [3.63, 3.8) is 0 Å². The third-order valence-corrected chi connectivity index (χ3v) is 5.13. The van der Waals surface area contributed by atoms with E-state index in [1.165, 1.54) is 6.08 Å². The van der Waals surface area contributed by atoms with E-state index >= 15 is 0 Å². The Bertz CT molecular complexity index is 1210. The highest BCUT2D eigenvalue weighted by atomic mass is 35.5. The minimum absolute atomic E-state index is 0.164. The standard InChI is InChI=1S/C23H14Cl2N2O3/c24-15-11-9-14(18(25)13-15)10-12-20(28)26-19-8-4-7-17-21(19)23(30)27(22(17)29)16-5-2-1-3-6-16/h1-13H,(H,26,28). The van der Waals surface area contributed by atoms with Crippen LogP contribution < -0.4 is 10.2 Å². The van der Waals surface area contributed by atoms with Crippen LogP contribution in [-0.4, -0.2) is 17.7 Å². The highest BCUT2D eigenvalue weighted by Crippen LogP contribution is 2.32. The number of anilines is 2. The lowest BCUT2D eigenvalue weighted by Gasteiger charge is -2.13. The molecule has 1 aliphatic rings. The number of carbonyl (C=O) groups is 3. The predicted molar refractivity (Wildman–Crippen MR) is 118 cm³/mol. The fourth-order valence-electron chi connectivity index (χ4n) is 3.18. The lowest BCUT2D eigenvalue weighted by molar-refractivity contribution is -0.111. The summed E-state index contributed by atoms with van der Waals surface area (Å²) in [5.41, 5.74) is 1.76. The topological polar surface area (TPSA) is 66.5 Å². The van der Waals surface area contributed by atoms with Crippen molar-refractivity contribution in [2.45, 2.75) is 0 Å². The maximum absolute atomic E-state index is 13.0. The molecule has 7 heteroatoms. The molecule has 1 aliphatic heterocycles. The van der Waals surface area contributed by atoms with Crippen LogP contribution in [0.15, 0.2) is 72.8 Å². The molecule has 30 heavy (non-hydrogen) atoms. The van der Waals surface area contributed by atoms with Crippen LogP contribution in [0.5, 0.6) is 0 Å². The number of imide groups is 1. The Morgan fingerprint density at radius 2 is 1.67 bits per heavy atom. The third-order valence-electron chi connectivity index (χ3n) is 4.56. The fraction of sp³-hybridized carbons (Fsp3) is 0. The lowest BCUT2D eigenvalue weighted by Crippen LogP contribution is -2.29. The molecule has 1 heterocycles. The normalized spacial score (nSPS) is 13.1. The number of nitrogens with one attached hydrogen (secondary N) is 1. The molecule has 0 saturated heterocycles. The van der Waals surface area contributed by atoms with E-state index in [4.69, 9.17) is 23.2 Å². The van der Waals surface area contributed by atoms with Gasteiger partial charge in [-0.15, -0.1) is 0 Å². The van der Waals surface area contributed by atoms with Crippen LogP contribution >= 0.6 is 23.2 Å². The second-order valence-corrected chi connectivity index (χ2v) is 7.34. The molecule has 0 aliphatic carbocycles. The average molecular weight is 437 g/mol. The molecular formula is C23H14Cl2N2O3. The summed E-state index contributed by atoms with van der Waals surface area (Å²) in [6.07, 6.45) is 2.84. The van der Waals surface area contributed by atoms with Crippen LogP contribution in [0.4, 0.5) is 11.4 Å². The van der Waals surface area contributed by atoms with Gasteiger partial charge >= 0.3 is 0 Å². The van der Waals surface area contributed by atoms with Gasteiger partial charge in [-0.2, -0.15) is 0 Å². The van der Waals surface area contributed by atoms with Crippen LogP contribution in [-0.2, 0) is 4.79 Å². The molecule has 3 aromatic carbocycles. The van der Waals surface area contributed by atoms with Gasteiger partial charge in [-0.05, 0) is 48.0 Å². The van der Waals surface area contributed by atoms with Gasteiger partial charge in [0.05, 0.1) is 22.5 Å². The van der Waals surface area contributed by atoms with Gasteiger partial charge in [0, 0.05) is 16.1 Å². The van der Waals surface area contributed by atoms with Crippen molar-refractivity contribution in [3.05, 3.63) is 99.5 Å². The number of carbonyl (C=O) groups excluding carboxylic acids is 3. The smallest absolute Gasteiger partial charge is 0.268 e. The highest BCUT2D eigenvalue weighted by molar-refractivity contribution is 6.37. The molecule has 148 valence electrons. The molecule has 4 rings (SSSR count). The molecule has 5 nitrogen and oxygen atoms in total. The number of fused-ring (bicyclic) bond motifs is 1. The van der Waals surface area contributed by atoms with E-state index in [2.05, 4.69) is 5.32 Å². The van der Waals surface area contributed by atoms with Crippen LogP contribution in [0.2, 0.25) is 10.0 Å². The Hall–Kier alpha value is -3.41. The zero-order chi connectivity index (χ0) is 21.3. The summed E-state index contributed by atoms with van der Waals surface area (Å²) in [4.78, 5) is 39.3. The number of hydrogen-bond acceptors (Lipinski definition) is 3. The molecule has 0 bridgehead atoms. The fourth-order valence-corrected chi connectivity index (χ4v) is 3.65. The Morgan fingerprint density at radius 1 is 0.900 bits per heavy atom. The second-order valence-electron chi connectivity index (χ2n) is 6.50. The molecule has 0 aromatic heterocycles. The van der Waals surface area contributed by atoms with E-state index in [1.54, 1.807) is 72.8 Å². The van der Waals surface area contributed by atoms with E-state index < -0.39 is 17.7 Å². The first-order valence-corrected chi connectivity index (χ1v) is 9.72. The van der Waals surface area contributed by atoms with Crippen molar-refractivity contribution in [1.82, 2.24) is 0 Å². The number of para-hydroxylation sites is 1. The van der Waals surface area contributed by atoms with Crippen molar-refractivity contribution in [1.29, 1.82) is 0 Å². The number of halogens is 2. The Kier molecular flexibility index (Phi) is 5.40. The first-order chi connectivity index (χ1) is 14.5. The van der Waals surface area contributed by atoms with Crippen LogP contribution in [0.1, 0.15) is 26.3 Å². The van der Waals surface area contributed by atoms with Crippen LogP contribution in [0.25, 0.3) is 6.08 Å². The minimum atomic E-state index is -0.484. The molecule has 0 atom stereocenters. The number of hydrogen-bond donors (Lipinski definition) is 1. The SMILES string of the molecule is O=C(C=Cc1ccc(Cl)cc1Cl)Nc1cccc2c1C(=O)N(c1ccccc1)C2=O. The Labute approximate surface area is 182 Å². The molecule has 0 fully saturated rings. The summed E-state index contributed by atoms with van der Waals surface area (Å²) in [5.74, 6) is -1.38. The summed E-state index contributed by atoms with van der Waals surface area (Å²) >= 11 is 12.0. The van der Waals surface area contributed by atoms with Crippen molar-refractivity contribution >= 4 is 58.4 Å². The van der Waals surface area contributed by atoms with Crippen molar-refractivity contribution in [2.24, 2.45) is 0 Å². The van der Waals surface area contributed by atoms with Crippen LogP contribution in [0, 0.1) is 0 Å². The summed E-state index contributed by atoms with van der Waals surface area (Å²) < 4.78 is 0. The van der Waals surface area contributed by atoms with Crippen molar-refractivity contribution < 1.29 is 14.4 Å². The van der Waals surface area contributed by atoms with E-state index in [1.807, 2.05) is 0 Å². The quantitative estimate of drug-likeness (QED) is 0.436. The molecule has 3 amide bonds. The molecule has 3 aromatic rings. The molecule has 1 N–H and O–H groups in total. The first-order valence-electron chi connectivity index (χ1n) is 8.96. The lowest BCUT2D eigenvalue weighted by atomic mass is 10.1. The van der Waals surface area contributed by atoms with Gasteiger partial charge in [-0.25, -0.2) is 4.90 Å². The molecule has 0 spiro atoms. The van der Waals surface area contributed by atoms with Gasteiger partial charge in [-0.1, -0.05) is 53.5 Å². The largest absolute Gasteiger partial charge is 0.322 e. The summed E-state index contributed by atoms with van der Waals surface area (Å²) in [5, 5.41) is 3.57. The van der Waals surface area contributed by atoms with Crippen LogP contribution in [0.3, 0.4) is 0 Å². The maximum atomic E-state index is 13.0. The monoisotopic (exact) mass is 436 g/mol. The second kappa shape index (κ2) is 8.14.